The second-order valence-corrected chi connectivity index (χ2v) is 6.45. The summed E-state index contributed by atoms with van der Waals surface area (Å²) in [5, 5.41) is 9.82. The van der Waals surface area contributed by atoms with E-state index in [1.807, 2.05) is 30.3 Å². The molecule has 0 bridgehead atoms. The first-order valence-electron chi connectivity index (χ1n) is 8.33. The summed E-state index contributed by atoms with van der Waals surface area (Å²) in [7, 11) is 0. The molecular formula is C20H24N2O2. The smallest absolute Gasteiger partial charge is 0.136 e. The van der Waals surface area contributed by atoms with Gasteiger partial charge in [0.1, 0.15) is 11.9 Å². The molecule has 0 aliphatic rings. The molecule has 0 radical (unpaired) electrons. The predicted molar refractivity (Wildman–Crippen MR) is 95.8 cm³/mol. The fourth-order valence-corrected chi connectivity index (χ4v) is 2.78. The molecule has 3 rings (SSSR count). The summed E-state index contributed by atoms with van der Waals surface area (Å²) >= 11 is 0. The van der Waals surface area contributed by atoms with Gasteiger partial charge in [0.15, 0.2) is 0 Å². The molecule has 1 aromatic heterocycles. The summed E-state index contributed by atoms with van der Waals surface area (Å²) in [6.07, 6.45) is -0.217. The van der Waals surface area contributed by atoms with Gasteiger partial charge in [-0.25, -0.2) is 4.98 Å². The highest BCUT2D eigenvalue weighted by Crippen LogP contribution is 2.26. The molecule has 24 heavy (non-hydrogen) atoms. The number of hydrogen-bond donors (Lipinski definition) is 2. The lowest BCUT2D eigenvalue weighted by atomic mass is 10.1. The predicted octanol–water partition coefficient (Wildman–Crippen LogP) is 4.21. The van der Waals surface area contributed by atoms with Crippen LogP contribution in [0.5, 0.6) is 0 Å². The summed E-state index contributed by atoms with van der Waals surface area (Å²) in [5.41, 5.74) is 5.50. The first-order chi connectivity index (χ1) is 11.5. The second kappa shape index (κ2) is 7.16. The number of hydrogen-bond acceptors (Lipinski definition) is 3. The van der Waals surface area contributed by atoms with E-state index in [0.29, 0.717) is 13.0 Å². The van der Waals surface area contributed by atoms with E-state index in [1.165, 1.54) is 11.1 Å². The number of ether oxygens (including phenoxy) is 1. The largest absolute Gasteiger partial charge is 0.393 e. The molecule has 0 saturated carbocycles. The van der Waals surface area contributed by atoms with Crippen LogP contribution in [0.1, 0.15) is 42.0 Å². The van der Waals surface area contributed by atoms with Gasteiger partial charge in [-0.2, -0.15) is 0 Å². The zero-order valence-corrected chi connectivity index (χ0v) is 14.4. The van der Waals surface area contributed by atoms with Crippen molar-refractivity contribution in [1.82, 2.24) is 9.97 Å². The third-order valence-electron chi connectivity index (χ3n) is 4.27. The molecule has 1 heterocycles. The molecule has 2 unspecified atom stereocenters. The second-order valence-electron chi connectivity index (χ2n) is 6.45. The maximum atomic E-state index is 9.82. The van der Waals surface area contributed by atoms with Gasteiger partial charge in [0.2, 0.25) is 0 Å². The Morgan fingerprint density at radius 2 is 1.83 bits per heavy atom. The van der Waals surface area contributed by atoms with Gasteiger partial charge in [-0.1, -0.05) is 30.3 Å². The molecule has 4 heteroatoms. The van der Waals surface area contributed by atoms with Gasteiger partial charge in [0, 0.05) is 6.42 Å². The molecule has 0 aliphatic carbocycles. The lowest BCUT2D eigenvalue weighted by Gasteiger charge is -2.17. The Morgan fingerprint density at radius 1 is 1.12 bits per heavy atom. The van der Waals surface area contributed by atoms with E-state index >= 15 is 0 Å². The highest BCUT2D eigenvalue weighted by atomic mass is 16.5. The van der Waals surface area contributed by atoms with Gasteiger partial charge < -0.3 is 14.8 Å². The molecular weight excluding hydrogens is 300 g/mol. The number of aliphatic hydroxyl groups excluding tert-OH is 1. The van der Waals surface area contributed by atoms with Crippen molar-refractivity contribution in [1.29, 1.82) is 0 Å². The van der Waals surface area contributed by atoms with Crippen LogP contribution in [-0.2, 0) is 11.3 Å². The SMILES string of the molecule is Cc1cc2nc(C(CC(C)O)OCc3ccccc3)[nH]c2cc1C. The lowest BCUT2D eigenvalue weighted by molar-refractivity contribution is 0.00195. The number of aliphatic hydroxyl groups is 1. The van der Waals surface area contributed by atoms with E-state index < -0.39 is 6.10 Å². The fourth-order valence-electron chi connectivity index (χ4n) is 2.78. The average molecular weight is 324 g/mol. The number of fused-ring (bicyclic) bond motifs is 1. The van der Waals surface area contributed by atoms with Gasteiger partial charge >= 0.3 is 0 Å². The molecule has 2 aromatic carbocycles. The molecule has 126 valence electrons. The third-order valence-corrected chi connectivity index (χ3v) is 4.27. The Balaban J connectivity index is 1.85. The molecule has 2 N–H and O–H groups in total. The molecule has 0 spiro atoms. The van der Waals surface area contributed by atoms with Crippen molar-refractivity contribution in [3.8, 4) is 0 Å². The van der Waals surface area contributed by atoms with Crippen LogP contribution >= 0.6 is 0 Å². The van der Waals surface area contributed by atoms with Gasteiger partial charge in [0.05, 0.1) is 23.7 Å². The zero-order valence-electron chi connectivity index (χ0n) is 14.4. The van der Waals surface area contributed by atoms with Crippen molar-refractivity contribution in [3.63, 3.8) is 0 Å². The maximum Gasteiger partial charge on any atom is 0.136 e. The highest BCUT2D eigenvalue weighted by molar-refractivity contribution is 5.77. The van der Waals surface area contributed by atoms with Gasteiger partial charge in [-0.15, -0.1) is 0 Å². The first-order valence-corrected chi connectivity index (χ1v) is 8.33. The van der Waals surface area contributed by atoms with Gasteiger partial charge in [-0.05, 0) is 49.6 Å². The van der Waals surface area contributed by atoms with Crippen LogP contribution < -0.4 is 0 Å². The van der Waals surface area contributed by atoms with Crippen molar-refractivity contribution in [2.24, 2.45) is 0 Å². The third kappa shape index (κ3) is 3.83. The van der Waals surface area contributed by atoms with Crippen molar-refractivity contribution in [3.05, 3.63) is 65.0 Å². The normalized spacial score (nSPS) is 14.0. The molecule has 0 fully saturated rings. The summed E-state index contributed by atoms with van der Waals surface area (Å²) in [6.45, 7) is 6.44. The average Bonchev–Trinajstić information content (AvgIpc) is 2.95. The number of benzene rings is 2. The van der Waals surface area contributed by atoms with Crippen LogP contribution in [0.3, 0.4) is 0 Å². The maximum absolute atomic E-state index is 9.82. The van der Waals surface area contributed by atoms with E-state index in [-0.39, 0.29) is 6.10 Å². The number of nitrogens with zero attached hydrogens (tertiary/aromatic N) is 1. The Labute approximate surface area is 142 Å². The minimum Gasteiger partial charge on any atom is -0.393 e. The molecule has 4 nitrogen and oxygen atoms in total. The van der Waals surface area contributed by atoms with Crippen LogP contribution in [0.2, 0.25) is 0 Å². The molecule has 0 saturated heterocycles. The van der Waals surface area contributed by atoms with Crippen molar-refractivity contribution < 1.29 is 9.84 Å². The number of rotatable bonds is 6. The Morgan fingerprint density at radius 3 is 2.54 bits per heavy atom. The highest BCUT2D eigenvalue weighted by Gasteiger charge is 2.19. The molecule has 3 aromatic rings. The lowest BCUT2D eigenvalue weighted by Crippen LogP contribution is -2.13. The van der Waals surface area contributed by atoms with E-state index in [2.05, 4.69) is 35.9 Å². The van der Waals surface area contributed by atoms with E-state index in [4.69, 9.17) is 4.74 Å². The van der Waals surface area contributed by atoms with Gasteiger partial charge in [-0.3, -0.25) is 0 Å². The Bertz CT molecular complexity index is 770. The first kappa shape index (κ1) is 16.7. The molecule has 0 aliphatic heterocycles. The van der Waals surface area contributed by atoms with Crippen molar-refractivity contribution in [2.75, 3.05) is 0 Å². The number of aromatic nitrogens is 2. The molecule has 2 atom stereocenters. The van der Waals surface area contributed by atoms with E-state index in [0.717, 1.165) is 22.4 Å². The summed E-state index contributed by atoms with van der Waals surface area (Å²) in [6, 6.07) is 14.2. The van der Waals surface area contributed by atoms with Crippen LogP contribution in [-0.4, -0.2) is 21.2 Å². The van der Waals surface area contributed by atoms with Crippen molar-refractivity contribution in [2.45, 2.75) is 46.0 Å². The van der Waals surface area contributed by atoms with Crippen LogP contribution in [0, 0.1) is 13.8 Å². The fraction of sp³-hybridized carbons (Fsp3) is 0.350. The van der Waals surface area contributed by atoms with E-state index in [1.54, 1.807) is 6.92 Å². The van der Waals surface area contributed by atoms with Crippen molar-refractivity contribution >= 4 is 11.0 Å². The number of imidazole rings is 1. The number of nitrogens with one attached hydrogen (secondary N) is 1. The quantitative estimate of drug-likeness (QED) is 0.714. The van der Waals surface area contributed by atoms with Crippen LogP contribution in [0.4, 0.5) is 0 Å². The van der Waals surface area contributed by atoms with Crippen LogP contribution in [0.15, 0.2) is 42.5 Å². The summed E-state index contributed by atoms with van der Waals surface area (Å²) < 4.78 is 6.06. The zero-order chi connectivity index (χ0) is 17.1. The topological polar surface area (TPSA) is 58.1 Å². The monoisotopic (exact) mass is 324 g/mol. The Hall–Kier alpha value is -2.17. The van der Waals surface area contributed by atoms with E-state index in [9.17, 15) is 5.11 Å². The minimum absolute atomic E-state index is 0.266. The number of aryl methyl sites for hydroxylation is 2. The summed E-state index contributed by atoms with van der Waals surface area (Å²) in [5.74, 6) is 0.770. The van der Waals surface area contributed by atoms with Gasteiger partial charge in [0.25, 0.3) is 0 Å². The van der Waals surface area contributed by atoms with Crippen LogP contribution in [0.25, 0.3) is 11.0 Å². The Kier molecular flexibility index (Phi) is 4.97. The number of aromatic amines is 1. The number of H-pyrrole nitrogens is 1. The standard InChI is InChI=1S/C20H24N2O2/c1-13-9-17-18(10-14(13)2)22-20(21-17)19(11-15(3)23)24-12-16-7-5-4-6-8-16/h4-10,15,19,23H,11-12H2,1-3H3,(H,21,22). The summed E-state index contributed by atoms with van der Waals surface area (Å²) in [4.78, 5) is 8.05. The molecule has 0 amide bonds. The minimum atomic E-state index is -0.456.